The summed E-state index contributed by atoms with van der Waals surface area (Å²) in [4.78, 5) is 35.3. The van der Waals surface area contributed by atoms with E-state index in [0.29, 0.717) is 30.3 Å². The monoisotopic (exact) mass is 853 g/mol. The highest BCUT2D eigenvalue weighted by Gasteiger charge is 2.27. The number of esters is 2. The van der Waals surface area contributed by atoms with E-state index in [0.717, 1.165) is 70.6 Å². The van der Waals surface area contributed by atoms with E-state index in [1.807, 2.05) is 39.4 Å². The molecule has 0 aromatic rings. The number of phosphoric acid groups is 1. The van der Waals surface area contributed by atoms with E-state index in [1.54, 1.807) is 0 Å². The number of hydrogen-bond donors (Lipinski definition) is 1. The Morgan fingerprint density at radius 2 is 0.900 bits per heavy atom. The number of hydrogen-bond acceptors (Lipinski definition) is 7. The first-order chi connectivity index (χ1) is 29.0. The Morgan fingerprint density at radius 1 is 0.517 bits per heavy atom. The van der Waals surface area contributed by atoms with Gasteiger partial charge in [0.2, 0.25) is 0 Å². The molecule has 0 aromatic carbocycles. The van der Waals surface area contributed by atoms with Gasteiger partial charge in [-0.05, 0) is 89.9 Å². The molecule has 9 nitrogen and oxygen atoms in total. The summed E-state index contributed by atoms with van der Waals surface area (Å²) in [6, 6.07) is 0. The summed E-state index contributed by atoms with van der Waals surface area (Å²) < 4.78 is 34.1. The molecule has 1 unspecified atom stereocenters. The molecular formula is C50H79NO8P+. The fourth-order valence-electron chi connectivity index (χ4n) is 4.84. The lowest BCUT2D eigenvalue weighted by atomic mass is 10.2. The van der Waals surface area contributed by atoms with Crippen LogP contribution in [0.15, 0.2) is 134 Å². The molecule has 0 spiro atoms. The summed E-state index contributed by atoms with van der Waals surface area (Å²) in [7, 11) is 1.37. The van der Waals surface area contributed by atoms with Crippen LogP contribution in [0.4, 0.5) is 0 Å². The Kier molecular flexibility index (Phi) is 37.9. The van der Waals surface area contributed by atoms with E-state index in [9.17, 15) is 19.0 Å². The zero-order chi connectivity index (χ0) is 44.3. The largest absolute Gasteiger partial charge is 0.472 e. The second-order valence-electron chi connectivity index (χ2n) is 15.0. The van der Waals surface area contributed by atoms with Gasteiger partial charge in [0.1, 0.15) is 19.8 Å². The molecule has 2 atom stereocenters. The van der Waals surface area contributed by atoms with Crippen molar-refractivity contribution in [1.82, 2.24) is 0 Å². The van der Waals surface area contributed by atoms with Crippen LogP contribution in [-0.2, 0) is 32.7 Å². The van der Waals surface area contributed by atoms with E-state index < -0.39 is 32.5 Å². The van der Waals surface area contributed by atoms with Gasteiger partial charge in [0, 0.05) is 12.8 Å². The maximum atomic E-state index is 12.7. The summed E-state index contributed by atoms with van der Waals surface area (Å²) in [6.45, 7) is 4.00. The van der Waals surface area contributed by atoms with Gasteiger partial charge in [0.25, 0.3) is 0 Å². The lowest BCUT2D eigenvalue weighted by Gasteiger charge is -2.24. The van der Waals surface area contributed by atoms with Gasteiger partial charge < -0.3 is 18.9 Å². The van der Waals surface area contributed by atoms with Crippen LogP contribution in [0.3, 0.4) is 0 Å². The van der Waals surface area contributed by atoms with Crippen LogP contribution in [0.2, 0.25) is 0 Å². The molecule has 0 amide bonds. The first-order valence-electron chi connectivity index (χ1n) is 21.9. The molecule has 0 rings (SSSR count). The molecule has 0 aromatic heterocycles. The minimum Gasteiger partial charge on any atom is -0.462 e. The van der Waals surface area contributed by atoms with Crippen molar-refractivity contribution in [3.63, 3.8) is 0 Å². The van der Waals surface area contributed by atoms with Gasteiger partial charge in [0.15, 0.2) is 6.10 Å². The van der Waals surface area contributed by atoms with Crippen LogP contribution in [0, 0.1) is 0 Å². The number of quaternary nitrogens is 1. The van der Waals surface area contributed by atoms with Crippen molar-refractivity contribution in [3.8, 4) is 0 Å². The van der Waals surface area contributed by atoms with Crippen molar-refractivity contribution in [3.05, 3.63) is 134 Å². The lowest BCUT2D eigenvalue weighted by Crippen LogP contribution is -2.37. The first-order valence-corrected chi connectivity index (χ1v) is 23.4. The number of carbonyl (C=O) groups excluding carboxylic acids is 2. The Balaban J connectivity index is 4.61. The molecule has 0 aliphatic heterocycles. The van der Waals surface area contributed by atoms with Crippen molar-refractivity contribution in [2.45, 2.75) is 123 Å². The first kappa shape index (κ1) is 56.1. The fraction of sp³-hybridized carbons (Fsp3) is 0.520. The Labute approximate surface area is 364 Å². The Hall–Kier alpha value is -3.85. The third-order valence-electron chi connectivity index (χ3n) is 8.19. The Bertz CT molecular complexity index is 1470. The van der Waals surface area contributed by atoms with Gasteiger partial charge in [-0.15, -0.1) is 0 Å². The quantitative estimate of drug-likeness (QED) is 0.0216. The van der Waals surface area contributed by atoms with Crippen LogP contribution >= 0.6 is 7.82 Å². The number of rotatable bonds is 37. The molecule has 0 fully saturated rings. The molecule has 0 radical (unpaired) electrons. The average molecular weight is 853 g/mol. The van der Waals surface area contributed by atoms with Crippen molar-refractivity contribution >= 4 is 19.8 Å². The van der Waals surface area contributed by atoms with Gasteiger partial charge in [0.05, 0.1) is 27.7 Å². The predicted molar refractivity (Wildman–Crippen MR) is 251 cm³/mol. The van der Waals surface area contributed by atoms with Gasteiger partial charge in [-0.3, -0.25) is 18.6 Å². The Morgan fingerprint density at radius 3 is 1.30 bits per heavy atom. The maximum Gasteiger partial charge on any atom is 0.472 e. The zero-order valence-electron chi connectivity index (χ0n) is 37.6. The van der Waals surface area contributed by atoms with Crippen LogP contribution in [-0.4, -0.2) is 74.9 Å². The van der Waals surface area contributed by atoms with E-state index in [4.69, 9.17) is 18.5 Å². The second-order valence-corrected chi connectivity index (χ2v) is 16.4. The molecule has 0 saturated heterocycles. The van der Waals surface area contributed by atoms with Crippen molar-refractivity contribution < 1.29 is 42.1 Å². The summed E-state index contributed by atoms with van der Waals surface area (Å²) in [5.74, 6) is -0.982. The zero-order valence-corrected chi connectivity index (χ0v) is 38.5. The van der Waals surface area contributed by atoms with Crippen LogP contribution in [0.1, 0.15) is 117 Å². The summed E-state index contributed by atoms with van der Waals surface area (Å²) in [5.41, 5.74) is 0. The molecule has 10 heteroatoms. The normalized spacial score (nSPS) is 14.8. The molecule has 60 heavy (non-hydrogen) atoms. The molecule has 0 aliphatic carbocycles. The van der Waals surface area contributed by atoms with Crippen molar-refractivity contribution in [1.29, 1.82) is 0 Å². The van der Waals surface area contributed by atoms with E-state index >= 15 is 0 Å². The fourth-order valence-corrected chi connectivity index (χ4v) is 5.58. The molecule has 0 saturated carbocycles. The SMILES string of the molecule is CC/C=C/C/C=C/C/C=C/C/C=C/C/C=C/C/C=C/CCC(=O)OC[C@H](COP(=O)(O)OCC[N+](C)(C)C)OC(=O)CCC/C=C/C/C=C/C/C=C/C/C=C/C/C=C/CC. The maximum absolute atomic E-state index is 12.7. The minimum atomic E-state index is -4.42. The van der Waals surface area contributed by atoms with E-state index in [1.165, 1.54) is 0 Å². The highest BCUT2D eigenvalue weighted by atomic mass is 31.2. The minimum absolute atomic E-state index is 0.00111. The van der Waals surface area contributed by atoms with Gasteiger partial charge in [-0.1, -0.05) is 148 Å². The number of nitrogens with zero attached hydrogens (tertiary/aromatic N) is 1. The lowest BCUT2D eigenvalue weighted by molar-refractivity contribution is -0.870. The number of likely N-dealkylation sites (N-methyl/N-ethyl adjacent to an activating group) is 1. The molecule has 336 valence electrons. The number of unbranched alkanes of at least 4 members (excludes halogenated alkanes) is 1. The number of allylic oxidation sites excluding steroid dienone is 22. The molecule has 0 bridgehead atoms. The average Bonchev–Trinajstić information content (AvgIpc) is 3.20. The molecule has 0 aliphatic rings. The standard InChI is InChI=1S/C50H78NO8P/c1-6-8-10-12-14-16-18-20-22-24-25-27-28-30-32-34-36-38-40-42-49(52)56-46-48(47-58-60(54,55)57-45-44-51(3,4)5)59-50(53)43-41-39-37-35-33-31-29-26-23-21-19-17-15-13-11-9-7-2/h8-11,14-17,20-23,25,27,29-32,35-38,48H,6-7,12-13,18-19,24,26,28,33-34,39-47H2,1-5H3/p+1/b10-8+,11-9+,16-14+,17-15+,22-20+,23-21+,27-25+,31-29+,32-30+,37-35+,38-36+/t48-/m1/s1. The molecule has 0 heterocycles. The van der Waals surface area contributed by atoms with Gasteiger partial charge >= 0.3 is 19.8 Å². The number of phosphoric ester groups is 1. The third-order valence-corrected chi connectivity index (χ3v) is 9.17. The van der Waals surface area contributed by atoms with E-state index in [-0.39, 0.29) is 26.1 Å². The van der Waals surface area contributed by atoms with Crippen LogP contribution in [0.5, 0.6) is 0 Å². The van der Waals surface area contributed by atoms with E-state index in [2.05, 4.69) is 129 Å². The summed E-state index contributed by atoms with van der Waals surface area (Å²) in [5, 5.41) is 0. The number of carbonyl (C=O) groups is 2. The van der Waals surface area contributed by atoms with Gasteiger partial charge in [-0.25, -0.2) is 4.57 Å². The predicted octanol–water partition coefficient (Wildman–Crippen LogP) is 12.7. The van der Waals surface area contributed by atoms with Crippen molar-refractivity contribution in [2.24, 2.45) is 0 Å². The van der Waals surface area contributed by atoms with Crippen LogP contribution in [0.25, 0.3) is 0 Å². The summed E-state index contributed by atoms with van der Waals surface area (Å²) in [6.07, 6.45) is 58.1. The smallest absolute Gasteiger partial charge is 0.462 e. The van der Waals surface area contributed by atoms with Crippen LogP contribution < -0.4 is 0 Å². The molecule has 1 N–H and O–H groups in total. The third kappa shape index (κ3) is 43.7. The number of ether oxygens (including phenoxy) is 2. The summed E-state index contributed by atoms with van der Waals surface area (Å²) >= 11 is 0. The van der Waals surface area contributed by atoms with Gasteiger partial charge in [-0.2, -0.15) is 0 Å². The highest BCUT2D eigenvalue weighted by Crippen LogP contribution is 2.43. The molecular weight excluding hydrogens is 774 g/mol. The highest BCUT2D eigenvalue weighted by molar-refractivity contribution is 7.47. The van der Waals surface area contributed by atoms with Crippen molar-refractivity contribution in [2.75, 3.05) is 47.5 Å². The topological polar surface area (TPSA) is 108 Å². The second kappa shape index (κ2) is 40.6.